The van der Waals surface area contributed by atoms with Crippen molar-refractivity contribution in [1.29, 1.82) is 0 Å². The first-order valence-corrected chi connectivity index (χ1v) is 5.42. The first kappa shape index (κ1) is 11.7. The molecule has 0 unspecified atom stereocenters. The van der Waals surface area contributed by atoms with E-state index in [0.717, 1.165) is 18.4 Å². The van der Waals surface area contributed by atoms with Gasteiger partial charge in [-0.2, -0.15) is 0 Å². The van der Waals surface area contributed by atoms with Crippen LogP contribution in [0.25, 0.3) is 5.57 Å². The topological polar surface area (TPSA) is 17.1 Å². The van der Waals surface area contributed by atoms with Crippen LogP contribution in [-0.4, -0.2) is 5.78 Å². The molecule has 1 aromatic carbocycles. The molecule has 0 radical (unpaired) electrons. The molecule has 80 valence electrons. The number of allylic oxidation sites excluding steroid dienone is 2. The fourth-order valence-electron chi connectivity index (χ4n) is 1.77. The molecule has 1 rings (SSSR count). The van der Waals surface area contributed by atoms with Gasteiger partial charge in [-0.15, -0.1) is 0 Å². The normalized spacial score (nSPS) is 11.5. The highest BCUT2D eigenvalue weighted by Crippen LogP contribution is 2.19. The van der Waals surface area contributed by atoms with Crippen LogP contribution in [0.5, 0.6) is 0 Å². The minimum Gasteiger partial charge on any atom is -0.295 e. The maximum absolute atomic E-state index is 11.0. The van der Waals surface area contributed by atoms with E-state index in [2.05, 4.69) is 25.1 Å². The van der Waals surface area contributed by atoms with Gasteiger partial charge in [0, 0.05) is 0 Å². The third kappa shape index (κ3) is 3.35. The van der Waals surface area contributed by atoms with Crippen molar-refractivity contribution >= 4 is 11.4 Å². The van der Waals surface area contributed by atoms with Crippen LogP contribution in [-0.2, 0) is 11.2 Å². The molecule has 0 atom stereocenters. The Bertz CT molecular complexity index is 375. The molecule has 0 fully saturated rings. The summed E-state index contributed by atoms with van der Waals surface area (Å²) in [6.07, 6.45) is 3.90. The number of aryl methyl sites for hydroxylation is 1. The van der Waals surface area contributed by atoms with Gasteiger partial charge in [0.05, 0.1) is 0 Å². The lowest BCUT2D eigenvalue weighted by atomic mass is 9.97. The Balaban J connectivity index is 3.07. The predicted octanol–water partition coefficient (Wildman–Crippen LogP) is 3.63. The number of rotatable bonds is 4. The summed E-state index contributed by atoms with van der Waals surface area (Å²) in [5, 5.41) is 0. The summed E-state index contributed by atoms with van der Waals surface area (Å²) in [5.41, 5.74) is 3.59. The molecule has 0 aliphatic carbocycles. The summed E-state index contributed by atoms with van der Waals surface area (Å²) in [6, 6.07) is 8.29. The van der Waals surface area contributed by atoms with E-state index in [4.69, 9.17) is 0 Å². The largest absolute Gasteiger partial charge is 0.295 e. The summed E-state index contributed by atoms with van der Waals surface area (Å²) in [6.45, 7) is 5.75. The molecule has 0 N–H and O–H groups in total. The van der Waals surface area contributed by atoms with Gasteiger partial charge in [0.25, 0.3) is 0 Å². The number of carbonyl (C=O) groups is 1. The van der Waals surface area contributed by atoms with Crippen molar-refractivity contribution in [3.8, 4) is 0 Å². The van der Waals surface area contributed by atoms with Gasteiger partial charge in [0.15, 0.2) is 5.78 Å². The maximum atomic E-state index is 11.0. The zero-order valence-electron chi connectivity index (χ0n) is 9.71. The standard InChI is InChI=1S/C14H18O/c1-4-7-13-8-5-6-9-14(13)11(2)10-12(3)15/h5-6,8-10H,4,7H2,1-3H3/b11-10-. The Morgan fingerprint density at radius 1 is 1.27 bits per heavy atom. The second kappa shape index (κ2) is 5.50. The molecule has 0 saturated heterocycles. The highest BCUT2D eigenvalue weighted by molar-refractivity contribution is 5.94. The van der Waals surface area contributed by atoms with Gasteiger partial charge in [-0.1, -0.05) is 37.6 Å². The van der Waals surface area contributed by atoms with Gasteiger partial charge in [-0.05, 0) is 43.0 Å². The van der Waals surface area contributed by atoms with E-state index >= 15 is 0 Å². The molecule has 0 aliphatic heterocycles. The number of hydrogen-bond acceptors (Lipinski definition) is 1. The maximum Gasteiger partial charge on any atom is 0.152 e. The van der Waals surface area contributed by atoms with Crippen molar-refractivity contribution < 1.29 is 4.79 Å². The summed E-state index contributed by atoms with van der Waals surface area (Å²) >= 11 is 0. The third-order valence-electron chi connectivity index (χ3n) is 2.38. The molecule has 1 nitrogen and oxygen atoms in total. The number of hydrogen-bond donors (Lipinski definition) is 0. The van der Waals surface area contributed by atoms with Crippen molar-refractivity contribution in [2.24, 2.45) is 0 Å². The molecule has 0 saturated carbocycles. The Hall–Kier alpha value is -1.37. The van der Waals surface area contributed by atoms with Crippen LogP contribution in [0.1, 0.15) is 38.3 Å². The molecule has 0 aromatic heterocycles. The Morgan fingerprint density at radius 3 is 2.53 bits per heavy atom. The molecular formula is C14H18O. The van der Waals surface area contributed by atoms with E-state index in [1.807, 2.05) is 13.0 Å². The summed E-state index contributed by atoms with van der Waals surface area (Å²) in [7, 11) is 0. The van der Waals surface area contributed by atoms with E-state index in [-0.39, 0.29) is 5.78 Å². The van der Waals surface area contributed by atoms with Gasteiger partial charge in [0.2, 0.25) is 0 Å². The van der Waals surface area contributed by atoms with Crippen LogP contribution in [0.15, 0.2) is 30.3 Å². The molecule has 0 heterocycles. The van der Waals surface area contributed by atoms with E-state index in [0.29, 0.717) is 0 Å². The quantitative estimate of drug-likeness (QED) is 0.681. The van der Waals surface area contributed by atoms with Crippen LogP contribution in [0, 0.1) is 0 Å². The van der Waals surface area contributed by atoms with Crippen molar-refractivity contribution in [1.82, 2.24) is 0 Å². The molecular weight excluding hydrogens is 184 g/mol. The minimum absolute atomic E-state index is 0.110. The lowest BCUT2D eigenvalue weighted by Crippen LogP contribution is -1.93. The van der Waals surface area contributed by atoms with Gasteiger partial charge in [-0.25, -0.2) is 0 Å². The van der Waals surface area contributed by atoms with Crippen molar-refractivity contribution in [2.75, 3.05) is 0 Å². The minimum atomic E-state index is 0.110. The Kier molecular flexibility index (Phi) is 4.29. The first-order valence-electron chi connectivity index (χ1n) is 5.42. The van der Waals surface area contributed by atoms with E-state index in [9.17, 15) is 4.79 Å². The zero-order chi connectivity index (χ0) is 11.3. The average Bonchev–Trinajstić information content (AvgIpc) is 2.18. The summed E-state index contributed by atoms with van der Waals surface area (Å²) in [5.74, 6) is 0.110. The molecule has 0 bridgehead atoms. The number of ketones is 1. The molecule has 0 aliphatic rings. The average molecular weight is 202 g/mol. The zero-order valence-corrected chi connectivity index (χ0v) is 9.71. The van der Waals surface area contributed by atoms with Crippen molar-refractivity contribution in [3.63, 3.8) is 0 Å². The Labute approximate surface area is 91.8 Å². The highest BCUT2D eigenvalue weighted by atomic mass is 16.1. The van der Waals surface area contributed by atoms with Crippen LogP contribution >= 0.6 is 0 Å². The second-order valence-corrected chi connectivity index (χ2v) is 3.85. The fourth-order valence-corrected chi connectivity index (χ4v) is 1.77. The van der Waals surface area contributed by atoms with Crippen molar-refractivity contribution in [3.05, 3.63) is 41.5 Å². The fraction of sp³-hybridized carbons (Fsp3) is 0.357. The summed E-state index contributed by atoms with van der Waals surface area (Å²) in [4.78, 5) is 11.0. The number of benzene rings is 1. The van der Waals surface area contributed by atoms with Gasteiger partial charge >= 0.3 is 0 Å². The monoisotopic (exact) mass is 202 g/mol. The van der Waals surface area contributed by atoms with Crippen molar-refractivity contribution in [2.45, 2.75) is 33.6 Å². The lowest BCUT2D eigenvalue weighted by molar-refractivity contribution is -0.112. The van der Waals surface area contributed by atoms with Gasteiger partial charge < -0.3 is 0 Å². The Morgan fingerprint density at radius 2 is 1.93 bits per heavy atom. The third-order valence-corrected chi connectivity index (χ3v) is 2.38. The molecule has 0 spiro atoms. The number of carbonyl (C=O) groups excluding carboxylic acids is 1. The second-order valence-electron chi connectivity index (χ2n) is 3.85. The highest BCUT2D eigenvalue weighted by Gasteiger charge is 2.02. The molecule has 0 amide bonds. The first-order chi connectivity index (χ1) is 7.15. The smallest absolute Gasteiger partial charge is 0.152 e. The van der Waals surface area contributed by atoms with E-state index in [1.165, 1.54) is 11.1 Å². The van der Waals surface area contributed by atoms with Gasteiger partial charge in [0.1, 0.15) is 0 Å². The van der Waals surface area contributed by atoms with Crippen LogP contribution in [0.3, 0.4) is 0 Å². The molecule has 15 heavy (non-hydrogen) atoms. The van der Waals surface area contributed by atoms with Crippen LogP contribution in [0.4, 0.5) is 0 Å². The summed E-state index contributed by atoms with van der Waals surface area (Å²) < 4.78 is 0. The van der Waals surface area contributed by atoms with E-state index < -0.39 is 0 Å². The van der Waals surface area contributed by atoms with Gasteiger partial charge in [-0.3, -0.25) is 4.79 Å². The molecule has 1 heteroatoms. The van der Waals surface area contributed by atoms with E-state index in [1.54, 1.807) is 13.0 Å². The SMILES string of the molecule is CCCc1ccccc1/C(C)=C\C(C)=O. The molecule has 1 aromatic rings. The lowest BCUT2D eigenvalue weighted by Gasteiger charge is -2.08. The predicted molar refractivity (Wildman–Crippen MR) is 64.8 cm³/mol. The van der Waals surface area contributed by atoms with Crippen LogP contribution < -0.4 is 0 Å². The van der Waals surface area contributed by atoms with Crippen LogP contribution in [0.2, 0.25) is 0 Å².